The molecule has 0 saturated carbocycles. The van der Waals surface area contributed by atoms with Gasteiger partial charge in [0.2, 0.25) is 5.91 Å². The van der Waals surface area contributed by atoms with Crippen LogP contribution in [0.3, 0.4) is 0 Å². The largest absolute Gasteiger partial charge is 0.440 e. The topological polar surface area (TPSA) is 67.4 Å². The van der Waals surface area contributed by atoms with E-state index in [1.165, 1.54) is 0 Å². The van der Waals surface area contributed by atoms with Crippen LogP contribution in [0.25, 0.3) is 0 Å². The molecule has 8 heteroatoms. The number of para-hydroxylation sites is 1. The van der Waals surface area contributed by atoms with E-state index in [1.54, 1.807) is 0 Å². The Morgan fingerprint density at radius 2 is 1.96 bits per heavy atom. The number of hydrogen-bond acceptors (Lipinski definition) is 3. The summed E-state index contributed by atoms with van der Waals surface area (Å²) in [5.41, 5.74) is 2.62. The van der Waals surface area contributed by atoms with E-state index in [0.717, 1.165) is 23.2 Å². The van der Waals surface area contributed by atoms with Crippen LogP contribution in [0.1, 0.15) is 24.5 Å². The van der Waals surface area contributed by atoms with Crippen molar-refractivity contribution in [3.8, 4) is 0 Å². The summed E-state index contributed by atoms with van der Waals surface area (Å²) in [6.45, 7) is 2.05. The fourth-order valence-corrected chi connectivity index (χ4v) is 1.88. The molecule has 23 heavy (non-hydrogen) atoms. The van der Waals surface area contributed by atoms with Crippen molar-refractivity contribution < 1.29 is 27.5 Å². The van der Waals surface area contributed by atoms with Gasteiger partial charge in [0.15, 0.2) is 6.61 Å². The lowest BCUT2D eigenvalue weighted by atomic mass is 10.1. The Bertz CT molecular complexity index is 559. The number of halogens is 3. The van der Waals surface area contributed by atoms with Gasteiger partial charge in [-0.3, -0.25) is 4.79 Å². The number of anilines is 1. The maximum Gasteiger partial charge on any atom is 0.422 e. The van der Waals surface area contributed by atoms with Crippen molar-refractivity contribution in [2.75, 3.05) is 18.5 Å². The predicted octanol–water partition coefficient (Wildman–Crippen LogP) is 3.17. The van der Waals surface area contributed by atoms with Crippen LogP contribution >= 0.6 is 0 Å². The fourth-order valence-electron chi connectivity index (χ4n) is 1.88. The number of rotatable bonds is 6. The second-order valence-corrected chi connectivity index (χ2v) is 4.88. The Hall–Kier alpha value is -2.25. The summed E-state index contributed by atoms with van der Waals surface area (Å²) in [5.74, 6) is -0.342. The van der Waals surface area contributed by atoms with Gasteiger partial charge in [-0.05, 0) is 24.5 Å². The third kappa shape index (κ3) is 7.03. The van der Waals surface area contributed by atoms with E-state index in [2.05, 4.69) is 15.4 Å². The molecule has 0 atom stereocenters. The first-order valence-electron chi connectivity index (χ1n) is 7.08. The molecular formula is C15H19F3N2O3. The molecule has 2 amide bonds. The van der Waals surface area contributed by atoms with E-state index in [9.17, 15) is 22.8 Å². The third-order valence-electron chi connectivity index (χ3n) is 2.99. The van der Waals surface area contributed by atoms with Crippen molar-refractivity contribution in [1.82, 2.24) is 5.32 Å². The number of hydrogen-bond donors (Lipinski definition) is 2. The van der Waals surface area contributed by atoms with Crippen LogP contribution in [-0.2, 0) is 16.0 Å². The molecule has 128 valence electrons. The van der Waals surface area contributed by atoms with Gasteiger partial charge in [0, 0.05) is 18.7 Å². The maximum atomic E-state index is 11.8. The molecule has 0 spiro atoms. The van der Waals surface area contributed by atoms with E-state index >= 15 is 0 Å². The average molecular weight is 332 g/mol. The normalized spacial score (nSPS) is 11.0. The molecule has 1 rings (SSSR count). The number of amides is 2. The number of carbonyl (C=O) groups is 2. The minimum Gasteiger partial charge on any atom is -0.440 e. The van der Waals surface area contributed by atoms with Crippen molar-refractivity contribution in [3.63, 3.8) is 0 Å². The first-order valence-corrected chi connectivity index (χ1v) is 7.08. The van der Waals surface area contributed by atoms with Gasteiger partial charge >= 0.3 is 12.3 Å². The average Bonchev–Trinajstić information content (AvgIpc) is 2.46. The standard InChI is InChI=1S/C15H19F3N2O3/c1-3-11-6-4-5-10(2)13(11)20-12(21)7-8-19-14(22)23-9-15(16,17)18/h4-6H,3,7-9H2,1-2H3,(H,19,22)(H,20,21). The lowest BCUT2D eigenvalue weighted by molar-refractivity contribution is -0.160. The molecule has 0 aliphatic carbocycles. The molecule has 0 bridgehead atoms. The van der Waals surface area contributed by atoms with Gasteiger partial charge in [-0.2, -0.15) is 13.2 Å². The SMILES string of the molecule is CCc1cccc(C)c1NC(=O)CCNC(=O)OCC(F)(F)F. The first-order chi connectivity index (χ1) is 10.7. The first kappa shape index (κ1) is 18.8. The highest BCUT2D eigenvalue weighted by Gasteiger charge is 2.29. The van der Waals surface area contributed by atoms with Crippen LogP contribution in [0, 0.1) is 6.92 Å². The van der Waals surface area contributed by atoms with Crippen LogP contribution in [0.15, 0.2) is 18.2 Å². The molecule has 0 heterocycles. The third-order valence-corrected chi connectivity index (χ3v) is 2.99. The Balaban J connectivity index is 2.40. The molecule has 1 aromatic carbocycles. The summed E-state index contributed by atoms with van der Waals surface area (Å²) in [7, 11) is 0. The summed E-state index contributed by atoms with van der Waals surface area (Å²) < 4.78 is 39.5. The molecule has 0 aliphatic rings. The molecule has 2 N–H and O–H groups in total. The van der Waals surface area contributed by atoms with Gasteiger partial charge in [0.05, 0.1) is 0 Å². The van der Waals surface area contributed by atoms with E-state index in [1.807, 2.05) is 32.0 Å². The molecule has 0 radical (unpaired) electrons. The van der Waals surface area contributed by atoms with Gasteiger partial charge in [0.25, 0.3) is 0 Å². The molecule has 0 aliphatic heterocycles. The molecule has 5 nitrogen and oxygen atoms in total. The van der Waals surface area contributed by atoms with Gasteiger partial charge in [-0.25, -0.2) is 4.79 Å². The quantitative estimate of drug-likeness (QED) is 0.841. The van der Waals surface area contributed by atoms with Crippen molar-refractivity contribution in [2.45, 2.75) is 32.9 Å². The number of ether oxygens (including phenoxy) is 1. The van der Waals surface area contributed by atoms with Crippen LogP contribution in [0.2, 0.25) is 0 Å². The lowest BCUT2D eigenvalue weighted by Crippen LogP contribution is -2.31. The highest BCUT2D eigenvalue weighted by atomic mass is 19.4. The molecule has 0 saturated heterocycles. The van der Waals surface area contributed by atoms with E-state index in [-0.39, 0.29) is 18.9 Å². The summed E-state index contributed by atoms with van der Waals surface area (Å²) in [4.78, 5) is 22.9. The molecule has 0 aromatic heterocycles. The van der Waals surface area contributed by atoms with Crippen LogP contribution in [0.5, 0.6) is 0 Å². The van der Waals surface area contributed by atoms with E-state index < -0.39 is 18.9 Å². The zero-order valence-corrected chi connectivity index (χ0v) is 12.9. The van der Waals surface area contributed by atoms with Gasteiger partial charge in [0.1, 0.15) is 0 Å². The van der Waals surface area contributed by atoms with E-state index in [0.29, 0.717) is 0 Å². The Morgan fingerprint density at radius 1 is 1.26 bits per heavy atom. The van der Waals surface area contributed by atoms with Crippen LogP contribution in [0.4, 0.5) is 23.7 Å². The number of nitrogens with one attached hydrogen (secondary N) is 2. The minimum absolute atomic E-state index is 0.0708. The maximum absolute atomic E-state index is 11.8. The molecule has 1 aromatic rings. The Labute approximate surface area is 132 Å². The zero-order valence-electron chi connectivity index (χ0n) is 12.9. The molecule has 0 unspecified atom stereocenters. The summed E-state index contributed by atoms with van der Waals surface area (Å²) in [6, 6.07) is 5.65. The van der Waals surface area contributed by atoms with Crippen molar-refractivity contribution >= 4 is 17.7 Å². The van der Waals surface area contributed by atoms with Crippen molar-refractivity contribution in [1.29, 1.82) is 0 Å². The van der Waals surface area contributed by atoms with Crippen molar-refractivity contribution in [3.05, 3.63) is 29.3 Å². The number of benzene rings is 1. The van der Waals surface area contributed by atoms with Gasteiger partial charge < -0.3 is 15.4 Å². The second kappa shape index (κ2) is 8.40. The van der Waals surface area contributed by atoms with Crippen molar-refractivity contribution in [2.24, 2.45) is 0 Å². The lowest BCUT2D eigenvalue weighted by Gasteiger charge is -2.13. The molecule has 0 fully saturated rings. The van der Waals surface area contributed by atoms with E-state index in [4.69, 9.17) is 0 Å². The monoisotopic (exact) mass is 332 g/mol. The van der Waals surface area contributed by atoms with Gasteiger partial charge in [-0.1, -0.05) is 25.1 Å². The highest BCUT2D eigenvalue weighted by molar-refractivity contribution is 5.92. The van der Waals surface area contributed by atoms with Crippen LogP contribution in [-0.4, -0.2) is 31.3 Å². The number of alkyl halides is 3. The van der Waals surface area contributed by atoms with Gasteiger partial charge in [-0.15, -0.1) is 0 Å². The predicted molar refractivity (Wildman–Crippen MR) is 79.2 cm³/mol. The zero-order chi connectivity index (χ0) is 17.5. The highest BCUT2D eigenvalue weighted by Crippen LogP contribution is 2.21. The smallest absolute Gasteiger partial charge is 0.422 e. The summed E-state index contributed by atoms with van der Waals surface area (Å²) >= 11 is 0. The summed E-state index contributed by atoms with van der Waals surface area (Å²) in [6.07, 6.45) is -5.10. The fraction of sp³-hybridized carbons (Fsp3) is 0.467. The number of aryl methyl sites for hydroxylation is 2. The second-order valence-electron chi connectivity index (χ2n) is 4.88. The Morgan fingerprint density at radius 3 is 2.57 bits per heavy atom. The minimum atomic E-state index is -4.57. The number of alkyl carbamates (subject to hydrolysis) is 1. The summed E-state index contributed by atoms with van der Waals surface area (Å²) in [5, 5.41) is 4.84. The van der Waals surface area contributed by atoms with Crippen LogP contribution < -0.4 is 10.6 Å². The molecular weight excluding hydrogens is 313 g/mol. The number of carbonyl (C=O) groups excluding carboxylic acids is 2. The Kier molecular flexibility index (Phi) is 6.87.